The van der Waals surface area contributed by atoms with Crippen molar-refractivity contribution in [2.45, 2.75) is 38.7 Å². The Labute approximate surface area is 95.1 Å². The highest BCUT2D eigenvalue weighted by Gasteiger charge is 2.28. The summed E-state index contributed by atoms with van der Waals surface area (Å²) in [6, 6.07) is 0. The van der Waals surface area contributed by atoms with Gasteiger partial charge in [-0.15, -0.1) is 0 Å². The highest BCUT2D eigenvalue weighted by Crippen LogP contribution is 2.20. The van der Waals surface area contributed by atoms with E-state index in [-0.39, 0.29) is 24.3 Å². The topological polar surface area (TPSA) is 77.8 Å². The van der Waals surface area contributed by atoms with Crippen LogP contribution in [-0.4, -0.2) is 46.2 Å². The third kappa shape index (κ3) is 3.81. The van der Waals surface area contributed by atoms with E-state index in [0.29, 0.717) is 25.9 Å². The summed E-state index contributed by atoms with van der Waals surface area (Å²) in [5.74, 6) is -0.691. The van der Waals surface area contributed by atoms with Gasteiger partial charge in [0, 0.05) is 31.8 Å². The molecular formula is C11H19NO4. The van der Waals surface area contributed by atoms with Crippen molar-refractivity contribution in [1.29, 1.82) is 0 Å². The standard InChI is InChI=1S/C11H19NO4/c1-8(13)9-5-6-12(7-9)10(14)3-2-4-11(15)16/h8-9,13H,2-7H2,1H3,(H,15,16). The molecule has 1 fully saturated rings. The molecule has 0 spiro atoms. The molecule has 2 atom stereocenters. The lowest BCUT2D eigenvalue weighted by Crippen LogP contribution is -2.30. The molecule has 2 unspecified atom stereocenters. The van der Waals surface area contributed by atoms with Gasteiger partial charge in [-0.25, -0.2) is 0 Å². The van der Waals surface area contributed by atoms with Gasteiger partial charge >= 0.3 is 5.97 Å². The monoisotopic (exact) mass is 229 g/mol. The lowest BCUT2D eigenvalue weighted by molar-refractivity contribution is -0.137. The summed E-state index contributed by atoms with van der Waals surface area (Å²) in [5, 5.41) is 17.8. The Bertz CT molecular complexity index is 265. The van der Waals surface area contributed by atoms with E-state index in [1.807, 2.05) is 0 Å². The zero-order valence-electron chi connectivity index (χ0n) is 9.56. The van der Waals surface area contributed by atoms with E-state index in [1.165, 1.54) is 0 Å². The van der Waals surface area contributed by atoms with Crippen molar-refractivity contribution in [2.24, 2.45) is 5.92 Å². The van der Waals surface area contributed by atoms with Crippen LogP contribution >= 0.6 is 0 Å². The Balaban J connectivity index is 2.25. The van der Waals surface area contributed by atoms with Crippen LogP contribution in [0.5, 0.6) is 0 Å². The maximum Gasteiger partial charge on any atom is 0.303 e. The van der Waals surface area contributed by atoms with Crippen LogP contribution in [0.4, 0.5) is 0 Å². The summed E-state index contributed by atoms with van der Waals surface area (Å²) in [4.78, 5) is 23.7. The van der Waals surface area contributed by atoms with Crippen molar-refractivity contribution < 1.29 is 19.8 Å². The van der Waals surface area contributed by atoms with Gasteiger partial charge in [0.25, 0.3) is 0 Å². The van der Waals surface area contributed by atoms with Crippen molar-refractivity contribution in [2.75, 3.05) is 13.1 Å². The van der Waals surface area contributed by atoms with Gasteiger partial charge in [0.15, 0.2) is 0 Å². The number of likely N-dealkylation sites (tertiary alicyclic amines) is 1. The molecule has 0 aromatic heterocycles. The Morgan fingerprint density at radius 1 is 1.44 bits per heavy atom. The van der Waals surface area contributed by atoms with Gasteiger partial charge in [0.1, 0.15) is 0 Å². The second-order valence-corrected chi connectivity index (χ2v) is 4.38. The van der Waals surface area contributed by atoms with Gasteiger partial charge in [-0.05, 0) is 19.8 Å². The number of carboxylic acid groups (broad SMARTS) is 1. The highest BCUT2D eigenvalue weighted by atomic mass is 16.4. The molecule has 0 aromatic rings. The minimum absolute atomic E-state index is 0.00407. The lowest BCUT2D eigenvalue weighted by Gasteiger charge is -2.17. The fourth-order valence-corrected chi connectivity index (χ4v) is 1.96. The molecule has 1 amide bonds. The molecular weight excluding hydrogens is 210 g/mol. The zero-order valence-corrected chi connectivity index (χ0v) is 9.56. The maximum atomic E-state index is 11.6. The number of rotatable bonds is 5. The van der Waals surface area contributed by atoms with Crippen molar-refractivity contribution in [1.82, 2.24) is 4.90 Å². The van der Waals surface area contributed by atoms with E-state index in [4.69, 9.17) is 5.11 Å². The molecule has 1 heterocycles. The fourth-order valence-electron chi connectivity index (χ4n) is 1.96. The van der Waals surface area contributed by atoms with Crippen LogP contribution < -0.4 is 0 Å². The molecule has 16 heavy (non-hydrogen) atoms. The van der Waals surface area contributed by atoms with Crippen LogP contribution in [-0.2, 0) is 9.59 Å². The van der Waals surface area contributed by atoms with E-state index >= 15 is 0 Å². The third-order valence-corrected chi connectivity index (χ3v) is 3.04. The number of nitrogens with zero attached hydrogens (tertiary/aromatic N) is 1. The second-order valence-electron chi connectivity index (χ2n) is 4.38. The highest BCUT2D eigenvalue weighted by molar-refractivity contribution is 5.77. The number of carbonyl (C=O) groups excluding carboxylic acids is 1. The van der Waals surface area contributed by atoms with Gasteiger partial charge in [-0.1, -0.05) is 0 Å². The number of carbonyl (C=O) groups is 2. The molecule has 1 rings (SSSR count). The summed E-state index contributed by atoms with van der Waals surface area (Å²) >= 11 is 0. The molecule has 0 saturated carbocycles. The van der Waals surface area contributed by atoms with Gasteiger partial charge in [-0.3, -0.25) is 9.59 Å². The summed E-state index contributed by atoms with van der Waals surface area (Å²) in [5.41, 5.74) is 0. The van der Waals surface area contributed by atoms with Crippen LogP contribution in [0.3, 0.4) is 0 Å². The second kappa shape index (κ2) is 5.84. The predicted molar refractivity (Wildman–Crippen MR) is 57.9 cm³/mol. The number of aliphatic carboxylic acids is 1. The van der Waals surface area contributed by atoms with Gasteiger partial charge in [0.2, 0.25) is 5.91 Å². The average Bonchev–Trinajstić information content (AvgIpc) is 2.65. The van der Waals surface area contributed by atoms with Crippen molar-refractivity contribution in [3.8, 4) is 0 Å². The van der Waals surface area contributed by atoms with Gasteiger partial charge in [-0.2, -0.15) is 0 Å². The van der Waals surface area contributed by atoms with Crippen LogP contribution in [0.2, 0.25) is 0 Å². The third-order valence-electron chi connectivity index (χ3n) is 3.04. The van der Waals surface area contributed by atoms with Crippen LogP contribution in [0.25, 0.3) is 0 Å². The molecule has 92 valence electrons. The number of amides is 1. The van der Waals surface area contributed by atoms with E-state index < -0.39 is 5.97 Å². The lowest BCUT2D eigenvalue weighted by atomic mass is 10.0. The summed E-state index contributed by atoms with van der Waals surface area (Å²) < 4.78 is 0. The Morgan fingerprint density at radius 2 is 2.12 bits per heavy atom. The number of hydrogen-bond donors (Lipinski definition) is 2. The first-order valence-electron chi connectivity index (χ1n) is 5.68. The van der Waals surface area contributed by atoms with E-state index in [1.54, 1.807) is 11.8 Å². The quantitative estimate of drug-likeness (QED) is 0.718. The summed E-state index contributed by atoms with van der Waals surface area (Å²) in [6.07, 6.45) is 1.18. The molecule has 5 heteroatoms. The number of aliphatic hydroxyl groups excluding tert-OH is 1. The molecule has 2 N–H and O–H groups in total. The van der Waals surface area contributed by atoms with Gasteiger partial charge < -0.3 is 15.1 Å². The van der Waals surface area contributed by atoms with Gasteiger partial charge in [0.05, 0.1) is 6.10 Å². The zero-order chi connectivity index (χ0) is 12.1. The number of aliphatic hydroxyl groups is 1. The first-order chi connectivity index (χ1) is 7.50. The molecule has 0 aliphatic carbocycles. The minimum atomic E-state index is -0.865. The Hall–Kier alpha value is -1.10. The minimum Gasteiger partial charge on any atom is -0.481 e. The molecule has 0 aromatic carbocycles. The van der Waals surface area contributed by atoms with E-state index in [0.717, 1.165) is 6.42 Å². The predicted octanol–water partition coefficient (Wildman–Crippen LogP) is 0.471. The first kappa shape index (κ1) is 13.0. The van der Waals surface area contributed by atoms with E-state index in [2.05, 4.69) is 0 Å². The normalized spacial score (nSPS) is 22.1. The molecule has 0 bridgehead atoms. The number of carboxylic acids is 1. The number of hydrogen-bond acceptors (Lipinski definition) is 3. The van der Waals surface area contributed by atoms with E-state index in [9.17, 15) is 14.7 Å². The van der Waals surface area contributed by atoms with Crippen LogP contribution in [0.1, 0.15) is 32.6 Å². The largest absolute Gasteiger partial charge is 0.481 e. The van der Waals surface area contributed by atoms with Crippen molar-refractivity contribution >= 4 is 11.9 Å². The first-order valence-corrected chi connectivity index (χ1v) is 5.68. The molecule has 1 aliphatic heterocycles. The van der Waals surface area contributed by atoms with Crippen molar-refractivity contribution in [3.63, 3.8) is 0 Å². The molecule has 5 nitrogen and oxygen atoms in total. The average molecular weight is 229 g/mol. The van der Waals surface area contributed by atoms with Crippen LogP contribution in [0.15, 0.2) is 0 Å². The van der Waals surface area contributed by atoms with Crippen LogP contribution in [0, 0.1) is 5.92 Å². The molecule has 1 aliphatic rings. The molecule has 1 saturated heterocycles. The maximum absolute atomic E-state index is 11.6. The summed E-state index contributed by atoms with van der Waals surface area (Å²) in [6.45, 7) is 3.02. The molecule has 0 radical (unpaired) electrons. The smallest absolute Gasteiger partial charge is 0.303 e. The fraction of sp³-hybridized carbons (Fsp3) is 0.818. The SMILES string of the molecule is CC(O)C1CCN(C(=O)CCCC(=O)O)C1. The summed E-state index contributed by atoms with van der Waals surface area (Å²) in [7, 11) is 0. The Morgan fingerprint density at radius 3 is 2.62 bits per heavy atom. The van der Waals surface area contributed by atoms with Crippen molar-refractivity contribution in [3.05, 3.63) is 0 Å². The Kier molecular flexibility index (Phi) is 4.73.